The number of rotatable bonds is 8. The van der Waals surface area contributed by atoms with E-state index in [-0.39, 0.29) is 12.4 Å². The third kappa shape index (κ3) is 5.00. The number of carbonyl (C=O) groups is 2. The van der Waals surface area contributed by atoms with Crippen LogP contribution >= 0.6 is 11.3 Å². The predicted octanol–water partition coefficient (Wildman–Crippen LogP) is 4.39. The van der Waals surface area contributed by atoms with E-state index in [0.29, 0.717) is 12.2 Å². The molecule has 3 rings (SSSR count). The minimum absolute atomic E-state index is 0.247. The number of ether oxygens (including phenoxy) is 2. The Morgan fingerprint density at radius 3 is 2.62 bits per heavy atom. The summed E-state index contributed by atoms with van der Waals surface area (Å²) in [7, 11) is 0. The Kier molecular flexibility index (Phi) is 6.61. The number of hydrogen-bond acceptors (Lipinski definition) is 6. The van der Waals surface area contributed by atoms with Crippen molar-refractivity contribution in [3.05, 3.63) is 70.5 Å². The maximum Gasteiger partial charge on any atom is 0.331 e. The predicted molar refractivity (Wildman–Crippen MR) is 113 cm³/mol. The fourth-order valence-corrected chi connectivity index (χ4v) is 3.69. The number of benzene rings is 1. The van der Waals surface area contributed by atoms with Crippen molar-refractivity contribution < 1.29 is 19.1 Å². The number of aryl methyl sites for hydroxylation is 1. The van der Waals surface area contributed by atoms with E-state index >= 15 is 0 Å². The number of carbonyl (C=O) groups excluding carboxylic acids is 2. The van der Waals surface area contributed by atoms with Crippen LogP contribution in [0.5, 0.6) is 5.75 Å². The first kappa shape index (κ1) is 20.5. The van der Waals surface area contributed by atoms with E-state index in [2.05, 4.69) is 4.98 Å². The van der Waals surface area contributed by atoms with E-state index in [4.69, 9.17) is 9.47 Å². The van der Waals surface area contributed by atoms with Crippen molar-refractivity contribution in [1.29, 1.82) is 0 Å². The van der Waals surface area contributed by atoms with Gasteiger partial charge in [-0.25, -0.2) is 9.78 Å². The number of aromatic nitrogens is 2. The van der Waals surface area contributed by atoms with E-state index in [9.17, 15) is 9.59 Å². The Morgan fingerprint density at radius 2 is 1.97 bits per heavy atom. The highest BCUT2D eigenvalue weighted by Gasteiger charge is 2.18. The fraction of sp³-hybridized carbons (Fsp3) is 0.227. The summed E-state index contributed by atoms with van der Waals surface area (Å²) < 4.78 is 12.4. The molecule has 6 nitrogen and oxygen atoms in total. The maximum atomic E-state index is 12.5. The molecule has 0 amide bonds. The number of esters is 1. The molecule has 3 aromatic rings. The van der Waals surface area contributed by atoms with Crippen molar-refractivity contribution in [2.24, 2.45) is 0 Å². The molecule has 0 unspecified atom stereocenters. The van der Waals surface area contributed by atoms with Crippen molar-refractivity contribution in [2.45, 2.75) is 20.8 Å². The van der Waals surface area contributed by atoms with Gasteiger partial charge in [0.1, 0.15) is 5.75 Å². The Bertz CT molecular complexity index is 1020. The molecule has 0 N–H and O–H groups in total. The van der Waals surface area contributed by atoms with Gasteiger partial charge < -0.3 is 9.47 Å². The Hall–Kier alpha value is -3.19. The van der Waals surface area contributed by atoms with Gasteiger partial charge in [0.05, 0.1) is 6.61 Å². The molecule has 0 saturated carbocycles. The van der Waals surface area contributed by atoms with Gasteiger partial charge in [0.2, 0.25) is 5.78 Å². The van der Waals surface area contributed by atoms with Crippen LogP contribution in [0.2, 0.25) is 0 Å². The summed E-state index contributed by atoms with van der Waals surface area (Å²) >= 11 is 1.49. The highest BCUT2D eigenvalue weighted by molar-refractivity contribution is 7.12. The number of ketones is 1. The quantitative estimate of drug-likeness (QED) is 0.313. The third-order valence-electron chi connectivity index (χ3n) is 4.29. The van der Waals surface area contributed by atoms with Gasteiger partial charge in [-0.15, -0.1) is 11.3 Å². The second-order valence-electron chi connectivity index (χ2n) is 6.30. The standard InChI is InChI=1S/C22H22N2O4S/c1-4-27-18-8-5-17(6-9-18)7-10-21(26)28-14-20(25)19-13-15(2)24(16(19)3)22-23-11-12-29-22/h5-13H,4,14H2,1-3H3/b10-7+. The molecular formula is C22H22N2O4S. The molecule has 0 saturated heterocycles. The van der Waals surface area contributed by atoms with Gasteiger partial charge in [-0.1, -0.05) is 12.1 Å². The van der Waals surface area contributed by atoms with Gasteiger partial charge in [0.25, 0.3) is 0 Å². The first-order chi connectivity index (χ1) is 14.0. The Labute approximate surface area is 173 Å². The van der Waals surface area contributed by atoms with Crippen LogP contribution in [0.25, 0.3) is 11.2 Å². The average molecular weight is 410 g/mol. The molecule has 0 radical (unpaired) electrons. The summed E-state index contributed by atoms with van der Waals surface area (Å²) in [5.74, 6) is -0.0436. The van der Waals surface area contributed by atoms with Crippen LogP contribution in [0.4, 0.5) is 0 Å². The van der Waals surface area contributed by atoms with Gasteiger partial charge in [-0.05, 0) is 50.6 Å². The minimum Gasteiger partial charge on any atom is -0.494 e. The molecule has 7 heteroatoms. The lowest BCUT2D eigenvalue weighted by atomic mass is 10.1. The van der Waals surface area contributed by atoms with Crippen LogP contribution in [0.1, 0.15) is 34.2 Å². The molecule has 2 aromatic heterocycles. The fourth-order valence-electron chi connectivity index (χ4n) is 2.93. The smallest absolute Gasteiger partial charge is 0.331 e. The number of thiazole rings is 1. The molecule has 2 heterocycles. The molecule has 29 heavy (non-hydrogen) atoms. The summed E-state index contributed by atoms with van der Waals surface area (Å²) in [6.07, 6.45) is 4.66. The van der Waals surface area contributed by atoms with Crippen LogP contribution in [0.3, 0.4) is 0 Å². The van der Waals surface area contributed by atoms with Crippen molar-refractivity contribution in [3.8, 4) is 10.9 Å². The average Bonchev–Trinajstić information content (AvgIpc) is 3.33. The van der Waals surface area contributed by atoms with Crippen LogP contribution in [-0.2, 0) is 9.53 Å². The van der Waals surface area contributed by atoms with Gasteiger partial charge >= 0.3 is 5.97 Å². The summed E-state index contributed by atoms with van der Waals surface area (Å²) in [6.45, 7) is 5.98. The molecule has 0 aliphatic rings. The molecule has 0 fully saturated rings. The van der Waals surface area contributed by atoms with E-state index in [1.807, 2.05) is 55.0 Å². The first-order valence-electron chi connectivity index (χ1n) is 9.19. The minimum atomic E-state index is -0.569. The third-order valence-corrected chi connectivity index (χ3v) is 5.05. The summed E-state index contributed by atoms with van der Waals surface area (Å²) in [6, 6.07) is 9.13. The van der Waals surface area contributed by atoms with E-state index < -0.39 is 5.97 Å². The SMILES string of the molecule is CCOc1ccc(/C=C/C(=O)OCC(=O)c2cc(C)n(-c3nccs3)c2C)cc1. The van der Waals surface area contributed by atoms with Gasteiger partial charge in [0, 0.05) is 34.6 Å². The molecule has 0 spiro atoms. The molecular weight excluding hydrogens is 388 g/mol. The van der Waals surface area contributed by atoms with E-state index in [0.717, 1.165) is 27.8 Å². The monoisotopic (exact) mass is 410 g/mol. The zero-order chi connectivity index (χ0) is 20.8. The Morgan fingerprint density at radius 1 is 1.21 bits per heavy atom. The highest BCUT2D eigenvalue weighted by atomic mass is 32.1. The molecule has 0 atom stereocenters. The molecule has 0 aliphatic heterocycles. The molecule has 1 aromatic carbocycles. The highest BCUT2D eigenvalue weighted by Crippen LogP contribution is 2.22. The van der Waals surface area contributed by atoms with Gasteiger partial charge in [-0.2, -0.15) is 0 Å². The first-order valence-corrected chi connectivity index (χ1v) is 10.1. The summed E-state index contributed by atoms with van der Waals surface area (Å²) in [5, 5.41) is 2.68. The number of Topliss-reactive ketones (excluding diaryl/α,β-unsaturated/α-hetero) is 1. The zero-order valence-electron chi connectivity index (χ0n) is 16.5. The second kappa shape index (κ2) is 9.34. The normalized spacial score (nSPS) is 11.0. The largest absolute Gasteiger partial charge is 0.494 e. The van der Waals surface area contributed by atoms with Crippen LogP contribution in [0, 0.1) is 13.8 Å². The molecule has 0 bridgehead atoms. The van der Waals surface area contributed by atoms with Gasteiger partial charge in [0.15, 0.2) is 11.7 Å². The zero-order valence-corrected chi connectivity index (χ0v) is 17.4. The molecule has 0 aliphatic carbocycles. The number of hydrogen-bond donors (Lipinski definition) is 0. The molecule has 150 valence electrons. The van der Waals surface area contributed by atoms with Crippen molar-refractivity contribution in [1.82, 2.24) is 9.55 Å². The topological polar surface area (TPSA) is 70.4 Å². The van der Waals surface area contributed by atoms with Crippen molar-refractivity contribution in [3.63, 3.8) is 0 Å². The lowest BCUT2D eigenvalue weighted by Crippen LogP contribution is -2.13. The Balaban J connectivity index is 1.59. The van der Waals surface area contributed by atoms with Crippen molar-refractivity contribution in [2.75, 3.05) is 13.2 Å². The van der Waals surface area contributed by atoms with Crippen LogP contribution in [0.15, 0.2) is 48.0 Å². The van der Waals surface area contributed by atoms with Crippen LogP contribution < -0.4 is 4.74 Å². The lowest BCUT2D eigenvalue weighted by Gasteiger charge is -2.05. The second-order valence-corrected chi connectivity index (χ2v) is 7.17. The van der Waals surface area contributed by atoms with E-state index in [1.54, 1.807) is 18.3 Å². The summed E-state index contributed by atoms with van der Waals surface area (Å²) in [4.78, 5) is 28.8. The maximum absolute atomic E-state index is 12.5. The van der Waals surface area contributed by atoms with Crippen molar-refractivity contribution >= 4 is 29.2 Å². The van der Waals surface area contributed by atoms with Crippen LogP contribution in [-0.4, -0.2) is 34.5 Å². The lowest BCUT2D eigenvalue weighted by molar-refractivity contribution is -0.136. The summed E-state index contributed by atoms with van der Waals surface area (Å²) in [5.41, 5.74) is 3.05. The number of nitrogens with zero attached hydrogens (tertiary/aromatic N) is 2. The van der Waals surface area contributed by atoms with Gasteiger partial charge in [-0.3, -0.25) is 9.36 Å². The van der Waals surface area contributed by atoms with E-state index in [1.165, 1.54) is 17.4 Å².